The van der Waals surface area contributed by atoms with E-state index in [1.165, 1.54) is 12.1 Å². The van der Waals surface area contributed by atoms with Gasteiger partial charge in [0.05, 0.1) is 0 Å². The van der Waals surface area contributed by atoms with E-state index < -0.39 is 11.9 Å². The molecule has 0 fully saturated rings. The highest BCUT2D eigenvalue weighted by Crippen LogP contribution is 2.18. The standard InChI is InChI=1S/C17H16O5/c1-2-12-6-5-7-13(10-12)21-11-16(18)22-15-9-4-3-8-14(15)17(19)20/h3-10H,2,11H2,1H3,(H,19,20). The second-order valence-corrected chi connectivity index (χ2v) is 4.57. The molecule has 1 N–H and O–H groups in total. The Balaban J connectivity index is 1.97. The van der Waals surface area contributed by atoms with Gasteiger partial charge >= 0.3 is 11.9 Å². The number of aromatic carboxylic acids is 1. The van der Waals surface area contributed by atoms with E-state index >= 15 is 0 Å². The molecule has 0 amide bonds. The first-order valence-electron chi connectivity index (χ1n) is 6.85. The van der Waals surface area contributed by atoms with Gasteiger partial charge in [-0.2, -0.15) is 0 Å². The third kappa shape index (κ3) is 4.09. The first kappa shape index (κ1) is 15.6. The molecule has 0 bridgehead atoms. The van der Waals surface area contributed by atoms with Crippen molar-refractivity contribution in [3.05, 3.63) is 59.7 Å². The van der Waals surface area contributed by atoms with E-state index in [0.29, 0.717) is 5.75 Å². The molecule has 0 heterocycles. The first-order chi connectivity index (χ1) is 10.6. The molecule has 2 rings (SSSR count). The quantitative estimate of drug-likeness (QED) is 0.656. The maximum atomic E-state index is 11.8. The summed E-state index contributed by atoms with van der Waals surface area (Å²) >= 11 is 0. The number of carbonyl (C=O) groups excluding carboxylic acids is 1. The minimum atomic E-state index is -1.15. The number of rotatable bonds is 6. The second-order valence-electron chi connectivity index (χ2n) is 4.57. The van der Waals surface area contributed by atoms with Gasteiger partial charge in [0.15, 0.2) is 6.61 Å². The molecule has 2 aromatic rings. The van der Waals surface area contributed by atoms with E-state index in [4.69, 9.17) is 14.6 Å². The van der Waals surface area contributed by atoms with Crippen LogP contribution in [-0.4, -0.2) is 23.7 Å². The number of aryl methyl sites for hydroxylation is 1. The zero-order chi connectivity index (χ0) is 15.9. The summed E-state index contributed by atoms with van der Waals surface area (Å²) in [4.78, 5) is 22.8. The molecular formula is C17H16O5. The fraction of sp³-hybridized carbons (Fsp3) is 0.176. The molecule has 114 valence electrons. The van der Waals surface area contributed by atoms with Crippen molar-refractivity contribution < 1.29 is 24.2 Å². The summed E-state index contributed by atoms with van der Waals surface area (Å²) in [7, 11) is 0. The van der Waals surface area contributed by atoms with Crippen LogP contribution in [0.25, 0.3) is 0 Å². The highest BCUT2D eigenvalue weighted by atomic mass is 16.6. The molecular weight excluding hydrogens is 284 g/mol. The molecule has 0 spiro atoms. The summed E-state index contributed by atoms with van der Waals surface area (Å²) in [6.45, 7) is 1.73. The first-order valence-corrected chi connectivity index (χ1v) is 6.85. The number of carboxylic acids is 1. The van der Waals surface area contributed by atoms with Crippen molar-refractivity contribution in [2.24, 2.45) is 0 Å². The van der Waals surface area contributed by atoms with Crippen molar-refractivity contribution in [1.29, 1.82) is 0 Å². The molecule has 0 saturated heterocycles. The minimum Gasteiger partial charge on any atom is -0.482 e. The SMILES string of the molecule is CCc1cccc(OCC(=O)Oc2ccccc2C(=O)O)c1. The van der Waals surface area contributed by atoms with Crippen LogP contribution in [-0.2, 0) is 11.2 Å². The highest BCUT2D eigenvalue weighted by Gasteiger charge is 2.14. The fourth-order valence-electron chi connectivity index (χ4n) is 1.88. The normalized spacial score (nSPS) is 10.0. The van der Waals surface area contributed by atoms with E-state index in [2.05, 4.69) is 0 Å². The Morgan fingerprint density at radius 2 is 1.86 bits per heavy atom. The molecule has 5 nitrogen and oxygen atoms in total. The molecule has 0 saturated carbocycles. The van der Waals surface area contributed by atoms with Crippen molar-refractivity contribution in [2.45, 2.75) is 13.3 Å². The summed E-state index contributed by atoms with van der Waals surface area (Å²) in [5, 5.41) is 9.02. The van der Waals surface area contributed by atoms with Gasteiger partial charge in [0.25, 0.3) is 0 Å². The Morgan fingerprint density at radius 3 is 2.59 bits per heavy atom. The van der Waals surface area contributed by atoms with Gasteiger partial charge in [0, 0.05) is 0 Å². The third-order valence-corrected chi connectivity index (χ3v) is 3.00. The van der Waals surface area contributed by atoms with Gasteiger partial charge in [-0.15, -0.1) is 0 Å². The van der Waals surface area contributed by atoms with Crippen LogP contribution in [0.5, 0.6) is 11.5 Å². The van der Waals surface area contributed by atoms with Crippen LogP contribution in [0.4, 0.5) is 0 Å². The van der Waals surface area contributed by atoms with Crippen LogP contribution >= 0.6 is 0 Å². The van der Waals surface area contributed by atoms with Crippen LogP contribution in [0.15, 0.2) is 48.5 Å². The third-order valence-electron chi connectivity index (χ3n) is 3.00. The summed E-state index contributed by atoms with van der Waals surface area (Å²) in [6.07, 6.45) is 0.869. The fourth-order valence-corrected chi connectivity index (χ4v) is 1.88. The molecule has 0 aromatic heterocycles. The molecule has 0 unspecified atom stereocenters. The maximum absolute atomic E-state index is 11.8. The Labute approximate surface area is 128 Å². The number of para-hydroxylation sites is 1. The molecule has 5 heteroatoms. The summed E-state index contributed by atoms with van der Waals surface area (Å²) < 4.78 is 10.4. The van der Waals surface area contributed by atoms with E-state index in [1.807, 2.05) is 25.1 Å². The number of hydrogen-bond acceptors (Lipinski definition) is 4. The van der Waals surface area contributed by atoms with Crippen LogP contribution < -0.4 is 9.47 Å². The number of carbonyl (C=O) groups is 2. The lowest BCUT2D eigenvalue weighted by Crippen LogP contribution is -2.19. The summed E-state index contributed by atoms with van der Waals surface area (Å²) in [5.41, 5.74) is 1.03. The highest BCUT2D eigenvalue weighted by molar-refractivity contribution is 5.92. The van der Waals surface area contributed by atoms with Crippen molar-refractivity contribution in [2.75, 3.05) is 6.61 Å². The van der Waals surface area contributed by atoms with Crippen molar-refractivity contribution in [3.63, 3.8) is 0 Å². The lowest BCUT2D eigenvalue weighted by atomic mass is 10.2. The topological polar surface area (TPSA) is 72.8 Å². The van der Waals surface area contributed by atoms with Gasteiger partial charge in [0.2, 0.25) is 0 Å². The molecule has 2 aromatic carbocycles. The number of benzene rings is 2. The second kappa shape index (κ2) is 7.26. The van der Waals surface area contributed by atoms with Gasteiger partial charge in [-0.05, 0) is 36.2 Å². The summed E-state index contributed by atoms with van der Waals surface area (Å²) in [6, 6.07) is 13.4. The van der Waals surface area contributed by atoms with Gasteiger partial charge in [-0.25, -0.2) is 9.59 Å². The van der Waals surface area contributed by atoms with E-state index in [0.717, 1.165) is 12.0 Å². The maximum Gasteiger partial charge on any atom is 0.349 e. The van der Waals surface area contributed by atoms with E-state index in [-0.39, 0.29) is 17.9 Å². The van der Waals surface area contributed by atoms with Crippen LogP contribution in [0.1, 0.15) is 22.8 Å². The van der Waals surface area contributed by atoms with Gasteiger partial charge in [0.1, 0.15) is 17.1 Å². The van der Waals surface area contributed by atoms with Crippen molar-refractivity contribution in [3.8, 4) is 11.5 Å². The summed E-state index contributed by atoms with van der Waals surface area (Å²) in [5.74, 6) is -1.23. The molecule has 22 heavy (non-hydrogen) atoms. The lowest BCUT2D eigenvalue weighted by Gasteiger charge is -2.09. The number of carboxylic acid groups (broad SMARTS) is 1. The molecule has 0 aliphatic heterocycles. The zero-order valence-corrected chi connectivity index (χ0v) is 12.1. The average molecular weight is 300 g/mol. The monoisotopic (exact) mass is 300 g/mol. The predicted molar refractivity (Wildman–Crippen MR) is 80.4 cm³/mol. The number of hydrogen-bond donors (Lipinski definition) is 1. The lowest BCUT2D eigenvalue weighted by molar-refractivity contribution is -0.136. The Kier molecular flexibility index (Phi) is 5.14. The van der Waals surface area contributed by atoms with Crippen LogP contribution in [0.2, 0.25) is 0 Å². The van der Waals surface area contributed by atoms with Crippen molar-refractivity contribution >= 4 is 11.9 Å². The number of ether oxygens (including phenoxy) is 2. The smallest absolute Gasteiger partial charge is 0.349 e. The number of esters is 1. The van der Waals surface area contributed by atoms with E-state index in [9.17, 15) is 9.59 Å². The Morgan fingerprint density at radius 1 is 1.09 bits per heavy atom. The van der Waals surface area contributed by atoms with Gasteiger partial charge in [-0.3, -0.25) is 0 Å². The molecule has 0 aliphatic carbocycles. The largest absolute Gasteiger partial charge is 0.482 e. The van der Waals surface area contributed by atoms with Gasteiger partial charge in [-0.1, -0.05) is 31.2 Å². The van der Waals surface area contributed by atoms with Crippen LogP contribution in [0.3, 0.4) is 0 Å². The predicted octanol–water partition coefficient (Wildman–Crippen LogP) is 2.93. The molecule has 0 aliphatic rings. The molecule has 0 radical (unpaired) electrons. The Bertz CT molecular complexity index is 678. The van der Waals surface area contributed by atoms with E-state index in [1.54, 1.807) is 18.2 Å². The molecule has 0 atom stereocenters. The van der Waals surface area contributed by atoms with Crippen molar-refractivity contribution in [1.82, 2.24) is 0 Å². The zero-order valence-electron chi connectivity index (χ0n) is 12.1. The van der Waals surface area contributed by atoms with Gasteiger partial charge < -0.3 is 14.6 Å². The minimum absolute atomic E-state index is 0.00547. The van der Waals surface area contributed by atoms with Crippen LogP contribution in [0, 0.1) is 0 Å². The Hall–Kier alpha value is -2.82. The average Bonchev–Trinajstić information content (AvgIpc) is 2.53.